The fraction of sp³-hybridized carbons (Fsp3) is 0.625. The van der Waals surface area contributed by atoms with Crippen molar-refractivity contribution in [1.82, 2.24) is 0 Å². The maximum absolute atomic E-state index is 10.9. The molecule has 0 aromatic heterocycles. The van der Waals surface area contributed by atoms with E-state index in [0.717, 1.165) is 6.42 Å². The maximum Gasteiger partial charge on any atom is 0.308 e. The molecule has 0 aliphatic carbocycles. The predicted molar refractivity (Wildman–Crippen MR) is 40.6 cm³/mol. The summed E-state index contributed by atoms with van der Waals surface area (Å²) in [6, 6.07) is 0. The lowest BCUT2D eigenvalue weighted by molar-refractivity contribution is -0.146. The fourth-order valence-corrected chi connectivity index (χ4v) is 0.450. The van der Waals surface area contributed by atoms with Crippen LogP contribution in [0.2, 0.25) is 0 Å². The number of esters is 1. The summed E-state index contributed by atoms with van der Waals surface area (Å²) >= 11 is 0. The van der Waals surface area contributed by atoms with E-state index >= 15 is 0 Å². The highest BCUT2D eigenvalue weighted by molar-refractivity contribution is 5.71. The molecule has 0 radical (unpaired) electrons. The molecule has 0 aromatic carbocycles. The van der Waals surface area contributed by atoms with Crippen LogP contribution in [-0.2, 0) is 9.53 Å². The number of hydrogen-bond donors (Lipinski definition) is 0. The molecule has 0 heterocycles. The number of carbonyl (C=O) groups excluding carboxylic acids is 1. The summed E-state index contributed by atoms with van der Waals surface area (Å²) < 4.78 is 4.79. The Morgan fingerprint density at radius 3 is 2.80 bits per heavy atom. The molecule has 0 N–H and O–H groups in total. The molecule has 2 nitrogen and oxygen atoms in total. The van der Waals surface area contributed by atoms with Gasteiger partial charge < -0.3 is 4.74 Å². The summed E-state index contributed by atoms with van der Waals surface area (Å²) in [5.74, 6) is -0.123. The lowest BCUT2D eigenvalue weighted by Gasteiger charge is -2.06. The first-order valence-electron chi connectivity index (χ1n) is 3.49. The second-order valence-corrected chi connectivity index (χ2v) is 2.23. The van der Waals surface area contributed by atoms with Gasteiger partial charge in [0, 0.05) is 0 Å². The zero-order valence-electron chi connectivity index (χ0n) is 6.59. The third-order valence-electron chi connectivity index (χ3n) is 1.36. The van der Waals surface area contributed by atoms with Crippen molar-refractivity contribution in [2.75, 3.05) is 6.61 Å². The molecule has 0 saturated carbocycles. The van der Waals surface area contributed by atoms with E-state index in [-0.39, 0.29) is 11.9 Å². The van der Waals surface area contributed by atoms with E-state index < -0.39 is 0 Å². The van der Waals surface area contributed by atoms with E-state index in [0.29, 0.717) is 6.61 Å². The Morgan fingerprint density at radius 2 is 2.40 bits per heavy atom. The third kappa shape index (κ3) is 3.28. The first-order chi connectivity index (χ1) is 4.72. The number of ether oxygens (including phenoxy) is 1. The van der Waals surface area contributed by atoms with Crippen molar-refractivity contribution in [3.8, 4) is 0 Å². The summed E-state index contributed by atoms with van der Waals surface area (Å²) in [6.07, 6.45) is 2.40. The quantitative estimate of drug-likeness (QED) is 0.441. The van der Waals surface area contributed by atoms with Crippen molar-refractivity contribution in [2.24, 2.45) is 5.92 Å². The molecule has 1 atom stereocenters. The maximum atomic E-state index is 10.9. The topological polar surface area (TPSA) is 26.3 Å². The molecule has 0 aliphatic rings. The Bertz CT molecular complexity index is 118. The van der Waals surface area contributed by atoms with E-state index in [1.54, 1.807) is 6.08 Å². The number of carbonyl (C=O) groups is 1. The first-order valence-corrected chi connectivity index (χ1v) is 3.49. The zero-order valence-corrected chi connectivity index (χ0v) is 6.59. The summed E-state index contributed by atoms with van der Waals surface area (Å²) in [5, 5.41) is 0. The minimum Gasteiger partial charge on any atom is -0.461 e. The first kappa shape index (κ1) is 9.21. The second kappa shape index (κ2) is 5.03. The molecule has 0 saturated heterocycles. The summed E-state index contributed by atoms with van der Waals surface area (Å²) in [4.78, 5) is 10.9. The molecule has 0 bridgehead atoms. The third-order valence-corrected chi connectivity index (χ3v) is 1.36. The van der Waals surface area contributed by atoms with E-state index in [9.17, 15) is 4.79 Å². The van der Waals surface area contributed by atoms with E-state index in [1.165, 1.54) is 0 Å². The summed E-state index contributed by atoms with van der Waals surface area (Å²) in [7, 11) is 0. The summed E-state index contributed by atoms with van der Waals surface area (Å²) in [5.41, 5.74) is 0. The van der Waals surface area contributed by atoms with Gasteiger partial charge in [-0.15, -0.1) is 0 Å². The van der Waals surface area contributed by atoms with Gasteiger partial charge in [-0.1, -0.05) is 26.5 Å². The highest BCUT2D eigenvalue weighted by Gasteiger charge is 2.09. The van der Waals surface area contributed by atoms with E-state index in [4.69, 9.17) is 4.74 Å². The van der Waals surface area contributed by atoms with Gasteiger partial charge in [0.2, 0.25) is 0 Å². The van der Waals surface area contributed by atoms with Crippen molar-refractivity contribution >= 4 is 5.97 Å². The van der Waals surface area contributed by atoms with Crippen molar-refractivity contribution in [1.29, 1.82) is 0 Å². The van der Waals surface area contributed by atoms with Crippen LogP contribution in [0.5, 0.6) is 0 Å². The van der Waals surface area contributed by atoms with Crippen LogP contribution in [0.1, 0.15) is 20.3 Å². The highest BCUT2D eigenvalue weighted by atomic mass is 16.5. The lowest BCUT2D eigenvalue weighted by Crippen LogP contribution is -2.13. The molecule has 0 spiro atoms. The van der Waals surface area contributed by atoms with Crippen LogP contribution < -0.4 is 0 Å². The Hall–Kier alpha value is -0.790. The van der Waals surface area contributed by atoms with Crippen LogP contribution in [0.4, 0.5) is 0 Å². The molecular weight excluding hydrogens is 128 g/mol. The molecule has 2 heteroatoms. The standard InChI is InChI=1S/C8H14O2/c1-4-6-10-8(9)7(3)5-2/h4,7H,1,5-6H2,2-3H3. The minimum absolute atomic E-state index is 0.0138. The Labute approximate surface area is 61.9 Å². The average Bonchev–Trinajstić information content (AvgIpc) is 1.98. The van der Waals surface area contributed by atoms with Gasteiger partial charge in [0.15, 0.2) is 0 Å². The predicted octanol–water partition coefficient (Wildman–Crippen LogP) is 1.76. The van der Waals surface area contributed by atoms with Crippen LogP contribution >= 0.6 is 0 Å². The van der Waals surface area contributed by atoms with Crippen molar-refractivity contribution in [3.63, 3.8) is 0 Å². The highest BCUT2D eigenvalue weighted by Crippen LogP contribution is 2.02. The van der Waals surface area contributed by atoms with Gasteiger partial charge in [0.1, 0.15) is 6.61 Å². The van der Waals surface area contributed by atoms with Gasteiger partial charge >= 0.3 is 5.97 Å². The van der Waals surface area contributed by atoms with Gasteiger partial charge in [0.05, 0.1) is 5.92 Å². The summed E-state index contributed by atoms with van der Waals surface area (Å²) in [6.45, 7) is 7.57. The molecule has 1 unspecified atom stereocenters. The van der Waals surface area contributed by atoms with Crippen molar-refractivity contribution in [2.45, 2.75) is 20.3 Å². The number of hydrogen-bond acceptors (Lipinski definition) is 2. The van der Waals surface area contributed by atoms with Gasteiger partial charge in [-0.2, -0.15) is 0 Å². The van der Waals surface area contributed by atoms with Crippen LogP contribution in [0.3, 0.4) is 0 Å². The SMILES string of the molecule is C=CCOC(=O)C(C)CC. The fourth-order valence-electron chi connectivity index (χ4n) is 0.450. The normalized spacial score (nSPS) is 12.2. The van der Waals surface area contributed by atoms with Gasteiger partial charge in [-0.05, 0) is 6.42 Å². The van der Waals surface area contributed by atoms with Gasteiger partial charge in [-0.25, -0.2) is 0 Å². The second-order valence-electron chi connectivity index (χ2n) is 2.23. The molecule has 0 rings (SSSR count). The monoisotopic (exact) mass is 142 g/mol. The van der Waals surface area contributed by atoms with Crippen LogP contribution in [0.25, 0.3) is 0 Å². The zero-order chi connectivity index (χ0) is 7.98. The van der Waals surface area contributed by atoms with Crippen LogP contribution in [0.15, 0.2) is 12.7 Å². The van der Waals surface area contributed by atoms with Crippen molar-refractivity contribution in [3.05, 3.63) is 12.7 Å². The lowest BCUT2D eigenvalue weighted by atomic mass is 10.1. The Morgan fingerprint density at radius 1 is 1.80 bits per heavy atom. The van der Waals surface area contributed by atoms with Crippen LogP contribution in [-0.4, -0.2) is 12.6 Å². The van der Waals surface area contributed by atoms with E-state index in [2.05, 4.69) is 6.58 Å². The Balaban J connectivity index is 3.51. The molecule has 58 valence electrons. The molecule has 0 aliphatic heterocycles. The molecular formula is C8H14O2. The molecule has 0 fully saturated rings. The molecule has 0 aromatic rings. The molecule has 10 heavy (non-hydrogen) atoms. The smallest absolute Gasteiger partial charge is 0.308 e. The average molecular weight is 142 g/mol. The minimum atomic E-state index is -0.137. The van der Waals surface area contributed by atoms with Crippen LogP contribution in [0, 0.1) is 5.92 Å². The van der Waals surface area contributed by atoms with Crippen molar-refractivity contribution < 1.29 is 9.53 Å². The largest absolute Gasteiger partial charge is 0.461 e. The molecule has 0 amide bonds. The van der Waals surface area contributed by atoms with Gasteiger partial charge in [0.25, 0.3) is 0 Å². The number of rotatable bonds is 4. The van der Waals surface area contributed by atoms with Gasteiger partial charge in [-0.3, -0.25) is 4.79 Å². The van der Waals surface area contributed by atoms with E-state index in [1.807, 2.05) is 13.8 Å². The Kier molecular flexibility index (Phi) is 4.63.